The van der Waals surface area contributed by atoms with E-state index in [1.807, 2.05) is 18.2 Å². The van der Waals surface area contributed by atoms with E-state index in [0.29, 0.717) is 29.6 Å². The summed E-state index contributed by atoms with van der Waals surface area (Å²) in [7, 11) is 0. The van der Waals surface area contributed by atoms with E-state index < -0.39 is 0 Å². The molecule has 0 radical (unpaired) electrons. The van der Waals surface area contributed by atoms with Gasteiger partial charge in [-0.2, -0.15) is 0 Å². The number of ketones is 1. The van der Waals surface area contributed by atoms with Gasteiger partial charge in [-0.1, -0.05) is 30.0 Å². The Morgan fingerprint density at radius 1 is 1.23 bits per heavy atom. The lowest BCUT2D eigenvalue weighted by Crippen LogP contribution is -2.15. The number of rotatable bonds is 4. The van der Waals surface area contributed by atoms with E-state index >= 15 is 0 Å². The van der Waals surface area contributed by atoms with Crippen LogP contribution in [0.5, 0.6) is 0 Å². The Hall–Kier alpha value is -3.43. The molecule has 0 spiro atoms. The van der Waals surface area contributed by atoms with E-state index in [4.69, 9.17) is 5.73 Å². The van der Waals surface area contributed by atoms with Crippen LogP contribution in [0, 0.1) is 11.8 Å². The minimum atomic E-state index is -0.247. The van der Waals surface area contributed by atoms with Crippen LogP contribution in [0.3, 0.4) is 0 Å². The van der Waals surface area contributed by atoms with Crippen molar-refractivity contribution in [3.05, 3.63) is 69.5 Å². The second kappa shape index (κ2) is 7.64. The zero-order valence-electron chi connectivity index (χ0n) is 14.3. The third-order valence-corrected chi connectivity index (χ3v) is 3.85. The Balaban J connectivity index is 1.59. The first kappa shape index (κ1) is 17.4. The molecule has 0 aliphatic rings. The van der Waals surface area contributed by atoms with Crippen LogP contribution in [0.1, 0.15) is 28.4 Å². The van der Waals surface area contributed by atoms with Crippen molar-refractivity contribution < 1.29 is 4.79 Å². The first-order valence-electron chi connectivity index (χ1n) is 8.12. The molecule has 4 N–H and O–H groups in total. The van der Waals surface area contributed by atoms with Gasteiger partial charge < -0.3 is 11.1 Å². The Labute approximate surface area is 150 Å². The number of carbonyl (C=O) groups is 1. The average Bonchev–Trinajstić information content (AvgIpc) is 2.62. The van der Waals surface area contributed by atoms with Gasteiger partial charge in [0, 0.05) is 17.7 Å². The zero-order valence-corrected chi connectivity index (χ0v) is 14.3. The molecule has 0 amide bonds. The lowest BCUT2D eigenvalue weighted by Gasteiger charge is -2.03. The summed E-state index contributed by atoms with van der Waals surface area (Å²) in [6, 6.07) is 12.7. The van der Waals surface area contributed by atoms with Gasteiger partial charge in [-0.25, -0.2) is 4.98 Å². The molecule has 2 aromatic carbocycles. The number of nitrogen functional groups attached to an aromatic ring is 1. The van der Waals surface area contributed by atoms with Crippen LogP contribution in [0.25, 0.3) is 10.9 Å². The van der Waals surface area contributed by atoms with Crippen LogP contribution < -0.4 is 16.6 Å². The van der Waals surface area contributed by atoms with Crippen molar-refractivity contribution in [2.75, 3.05) is 12.3 Å². The number of aromatic nitrogens is 2. The van der Waals surface area contributed by atoms with E-state index in [1.165, 1.54) is 6.92 Å². The van der Waals surface area contributed by atoms with E-state index in [9.17, 15) is 9.59 Å². The number of nitrogens with zero attached hydrogens (tertiary/aromatic N) is 1. The number of nitrogens with two attached hydrogens (primary N) is 1. The number of nitrogens with one attached hydrogen (secondary N) is 2. The fourth-order valence-corrected chi connectivity index (χ4v) is 2.52. The molecule has 0 atom stereocenters. The summed E-state index contributed by atoms with van der Waals surface area (Å²) >= 11 is 0. The summed E-state index contributed by atoms with van der Waals surface area (Å²) in [4.78, 5) is 29.7. The van der Waals surface area contributed by atoms with Crippen molar-refractivity contribution in [2.45, 2.75) is 13.5 Å². The molecule has 0 aliphatic carbocycles. The molecule has 130 valence electrons. The van der Waals surface area contributed by atoms with E-state index in [-0.39, 0.29) is 17.3 Å². The molecule has 26 heavy (non-hydrogen) atoms. The molecule has 3 rings (SSSR count). The van der Waals surface area contributed by atoms with Crippen molar-refractivity contribution in [3.8, 4) is 11.8 Å². The van der Waals surface area contributed by atoms with Gasteiger partial charge >= 0.3 is 0 Å². The highest BCUT2D eigenvalue weighted by Gasteiger charge is 2.03. The van der Waals surface area contributed by atoms with Gasteiger partial charge in [0.1, 0.15) is 0 Å². The fourth-order valence-electron chi connectivity index (χ4n) is 2.52. The smallest absolute Gasteiger partial charge is 0.260 e. The Morgan fingerprint density at radius 3 is 2.73 bits per heavy atom. The molecule has 6 heteroatoms. The molecular weight excluding hydrogens is 328 g/mol. The second-order valence-electron chi connectivity index (χ2n) is 5.84. The van der Waals surface area contributed by atoms with E-state index in [2.05, 4.69) is 27.1 Å². The molecule has 0 fully saturated rings. The van der Waals surface area contributed by atoms with Crippen LogP contribution in [0.4, 0.5) is 5.95 Å². The maximum atomic E-state index is 11.9. The lowest BCUT2D eigenvalue weighted by atomic mass is 10.1. The molecule has 0 saturated heterocycles. The van der Waals surface area contributed by atoms with E-state index in [0.717, 1.165) is 11.1 Å². The molecule has 0 unspecified atom stereocenters. The van der Waals surface area contributed by atoms with Crippen LogP contribution >= 0.6 is 0 Å². The molecule has 0 saturated carbocycles. The summed E-state index contributed by atoms with van der Waals surface area (Å²) in [5, 5.41) is 3.72. The topological polar surface area (TPSA) is 101 Å². The Kier molecular flexibility index (Phi) is 5.11. The predicted molar refractivity (Wildman–Crippen MR) is 102 cm³/mol. The third kappa shape index (κ3) is 4.15. The molecule has 1 heterocycles. The number of hydrogen-bond donors (Lipinski definition) is 3. The van der Waals surface area contributed by atoms with Gasteiger partial charge in [0.2, 0.25) is 5.95 Å². The maximum absolute atomic E-state index is 11.9. The van der Waals surface area contributed by atoms with Crippen LogP contribution in [-0.4, -0.2) is 22.3 Å². The Morgan fingerprint density at radius 2 is 2.00 bits per heavy atom. The number of benzene rings is 2. The number of Topliss-reactive ketones (excluding diaryl/α,β-unsaturated/α-hetero) is 1. The number of aromatic amines is 1. The number of H-pyrrole nitrogens is 1. The maximum Gasteiger partial charge on any atom is 0.260 e. The summed E-state index contributed by atoms with van der Waals surface area (Å²) in [5.74, 6) is 6.22. The summed E-state index contributed by atoms with van der Waals surface area (Å²) in [6.45, 7) is 2.62. The monoisotopic (exact) mass is 346 g/mol. The van der Waals surface area contributed by atoms with Gasteiger partial charge in [0.25, 0.3) is 5.56 Å². The minimum Gasteiger partial charge on any atom is -0.369 e. The quantitative estimate of drug-likeness (QED) is 0.380. The highest BCUT2D eigenvalue weighted by atomic mass is 16.1. The molecule has 1 aromatic heterocycles. The number of hydrogen-bond acceptors (Lipinski definition) is 5. The number of fused-ring (bicyclic) bond motifs is 1. The van der Waals surface area contributed by atoms with Crippen molar-refractivity contribution >= 4 is 22.6 Å². The first-order chi connectivity index (χ1) is 12.5. The van der Waals surface area contributed by atoms with Crippen molar-refractivity contribution in [1.29, 1.82) is 0 Å². The average molecular weight is 346 g/mol. The highest BCUT2D eigenvalue weighted by Crippen LogP contribution is 2.10. The summed E-state index contributed by atoms with van der Waals surface area (Å²) < 4.78 is 0. The number of anilines is 1. The van der Waals surface area contributed by atoms with Gasteiger partial charge in [0.15, 0.2) is 5.78 Å². The predicted octanol–water partition coefficient (Wildman–Crippen LogP) is 1.85. The first-order valence-corrected chi connectivity index (χ1v) is 8.12. The van der Waals surface area contributed by atoms with Gasteiger partial charge in [-0.05, 0) is 36.8 Å². The minimum absolute atomic E-state index is 0.0401. The van der Waals surface area contributed by atoms with Crippen molar-refractivity contribution in [1.82, 2.24) is 15.3 Å². The largest absolute Gasteiger partial charge is 0.369 e. The van der Waals surface area contributed by atoms with Crippen LogP contribution in [-0.2, 0) is 6.54 Å². The molecule has 0 bridgehead atoms. The Bertz CT molecular complexity index is 1070. The highest BCUT2D eigenvalue weighted by molar-refractivity contribution is 5.94. The van der Waals surface area contributed by atoms with Crippen molar-refractivity contribution in [2.24, 2.45) is 0 Å². The van der Waals surface area contributed by atoms with Gasteiger partial charge in [-0.3, -0.25) is 14.6 Å². The standard InChI is InChI=1S/C20H18N4O2/c1-13(25)16-7-4-14(5-8-16)3-2-10-22-12-15-6-9-18-17(11-15)19(26)24-20(21)23-18/h4-9,11,22H,10,12H2,1H3,(H3,21,23,24,26). The summed E-state index contributed by atoms with van der Waals surface area (Å²) in [5.41, 5.74) is 8.36. The zero-order chi connectivity index (χ0) is 18.5. The van der Waals surface area contributed by atoms with E-state index in [1.54, 1.807) is 24.3 Å². The SMILES string of the molecule is CC(=O)c1ccc(C#CCNCc2ccc3nc(N)[nH]c(=O)c3c2)cc1. The van der Waals surface area contributed by atoms with Crippen LogP contribution in [0.15, 0.2) is 47.3 Å². The van der Waals surface area contributed by atoms with Gasteiger partial charge in [0.05, 0.1) is 17.4 Å². The van der Waals surface area contributed by atoms with Gasteiger partial charge in [-0.15, -0.1) is 0 Å². The van der Waals surface area contributed by atoms with Crippen LogP contribution in [0.2, 0.25) is 0 Å². The molecular formula is C20H18N4O2. The number of carbonyl (C=O) groups excluding carboxylic acids is 1. The molecule has 3 aromatic rings. The lowest BCUT2D eigenvalue weighted by molar-refractivity contribution is 0.101. The van der Waals surface area contributed by atoms with Crippen molar-refractivity contribution in [3.63, 3.8) is 0 Å². The molecule has 6 nitrogen and oxygen atoms in total. The molecule has 0 aliphatic heterocycles. The third-order valence-electron chi connectivity index (χ3n) is 3.85. The summed E-state index contributed by atoms with van der Waals surface area (Å²) in [6.07, 6.45) is 0. The normalized spacial score (nSPS) is 10.3. The fraction of sp³-hybridized carbons (Fsp3) is 0.150. The second-order valence-corrected chi connectivity index (χ2v) is 5.84.